The molecule has 0 aliphatic heterocycles. The van der Waals surface area contributed by atoms with Crippen molar-refractivity contribution in [3.63, 3.8) is 0 Å². The van der Waals surface area contributed by atoms with Gasteiger partial charge in [-0.3, -0.25) is 0 Å². The molecule has 0 fully saturated rings. The number of unbranched alkanes of at least 4 members (excludes halogenated alkanes) is 2. The highest BCUT2D eigenvalue weighted by Crippen LogP contribution is 2.07. The van der Waals surface area contributed by atoms with Crippen LogP contribution in [0.25, 0.3) is 0 Å². The largest absolute Gasteiger partial charge is 0.739 e. The first kappa shape index (κ1) is 11.2. The van der Waals surface area contributed by atoms with Crippen molar-refractivity contribution in [2.45, 2.75) is 39.5 Å². The molecule has 0 aliphatic rings. The van der Waals surface area contributed by atoms with Crippen molar-refractivity contribution in [2.24, 2.45) is 11.2 Å². The van der Waals surface area contributed by atoms with Crippen molar-refractivity contribution in [2.75, 3.05) is 6.54 Å². The summed E-state index contributed by atoms with van der Waals surface area (Å²) in [5.41, 5.74) is 0. The van der Waals surface area contributed by atoms with Gasteiger partial charge in [-0.05, 0) is 17.6 Å². The molecule has 0 spiro atoms. The number of rotatable bonds is 6. The van der Waals surface area contributed by atoms with Gasteiger partial charge in [-0.15, -0.1) is 0 Å². The minimum atomic E-state index is 0.204. The molecule has 0 saturated carbocycles. The van der Waals surface area contributed by atoms with E-state index in [1.165, 1.54) is 6.42 Å². The van der Waals surface area contributed by atoms with Gasteiger partial charge < -0.3 is 10.4 Å². The SMILES string of the molecule is CC(C)CCCCC/[N+]([O-])=N/[O-]. The summed E-state index contributed by atoms with van der Waals surface area (Å²) in [6, 6.07) is 0. The molecule has 72 valence electrons. The lowest BCUT2D eigenvalue weighted by atomic mass is 10.1. The smallest absolute Gasteiger partial charge is 0.180 e. The molecule has 0 atom stereocenters. The summed E-state index contributed by atoms with van der Waals surface area (Å²) in [5, 5.41) is 22.2. The van der Waals surface area contributed by atoms with Gasteiger partial charge >= 0.3 is 0 Å². The van der Waals surface area contributed by atoms with Crippen molar-refractivity contribution >= 4 is 0 Å². The zero-order chi connectivity index (χ0) is 9.40. The van der Waals surface area contributed by atoms with Crippen LogP contribution >= 0.6 is 0 Å². The van der Waals surface area contributed by atoms with Gasteiger partial charge in [-0.1, -0.05) is 31.5 Å². The standard InChI is InChI=1S/C8H18N2O2/c1-8(2)6-4-3-5-7-10(12)9-11/h8,11H,3-7H2,1-2H3/p-1/b10-9-. The quantitative estimate of drug-likeness (QED) is 0.268. The van der Waals surface area contributed by atoms with E-state index >= 15 is 0 Å². The molecule has 0 saturated heterocycles. The molecule has 0 radical (unpaired) electrons. The summed E-state index contributed by atoms with van der Waals surface area (Å²) < 4.78 is 0. The van der Waals surface area contributed by atoms with Gasteiger partial charge in [0.2, 0.25) is 0 Å². The average Bonchev–Trinajstić information content (AvgIpc) is 2.03. The van der Waals surface area contributed by atoms with E-state index in [0.717, 1.165) is 25.2 Å². The van der Waals surface area contributed by atoms with Crippen LogP contribution in [0.2, 0.25) is 0 Å². The van der Waals surface area contributed by atoms with Crippen LogP contribution in [0.1, 0.15) is 39.5 Å². The molecule has 0 amide bonds. The van der Waals surface area contributed by atoms with Crippen LogP contribution < -0.4 is 0 Å². The maximum Gasteiger partial charge on any atom is 0.180 e. The second-order valence-corrected chi connectivity index (χ2v) is 3.40. The second-order valence-electron chi connectivity index (χ2n) is 3.40. The third-order valence-corrected chi connectivity index (χ3v) is 1.72. The van der Waals surface area contributed by atoms with E-state index in [-0.39, 0.29) is 11.4 Å². The molecule has 0 heterocycles. The average molecular weight is 173 g/mol. The molecule has 4 nitrogen and oxygen atoms in total. The van der Waals surface area contributed by atoms with E-state index in [1.54, 1.807) is 0 Å². The molecule has 0 aliphatic carbocycles. The van der Waals surface area contributed by atoms with Gasteiger partial charge in [0.1, 0.15) is 0 Å². The Balaban J connectivity index is 3.11. The monoisotopic (exact) mass is 173 g/mol. The molecule has 12 heavy (non-hydrogen) atoms. The summed E-state index contributed by atoms with van der Waals surface area (Å²) >= 11 is 0. The highest BCUT2D eigenvalue weighted by atomic mass is 16.6. The van der Waals surface area contributed by atoms with E-state index < -0.39 is 0 Å². The number of hydrogen-bond donors (Lipinski definition) is 0. The lowest BCUT2D eigenvalue weighted by molar-refractivity contribution is -0.526. The van der Waals surface area contributed by atoms with Gasteiger partial charge in [0, 0.05) is 6.42 Å². The minimum absolute atomic E-state index is 0.204. The Kier molecular flexibility index (Phi) is 6.42. The molecule has 0 aromatic rings. The Morgan fingerprint density at radius 3 is 2.42 bits per heavy atom. The zero-order valence-corrected chi connectivity index (χ0v) is 7.82. The van der Waals surface area contributed by atoms with Crippen LogP contribution in [-0.4, -0.2) is 11.4 Å². The summed E-state index contributed by atoms with van der Waals surface area (Å²) in [6.45, 7) is 4.58. The van der Waals surface area contributed by atoms with Gasteiger partial charge in [-0.25, -0.2) is 0 Å². The zero-order valence-electron chi connectivity index (χ0n) is 7.82. The Labute approximate surface area is 73.4 Å². The first-order valence-corrected chi connectivity index (χ1v) is 4.44. The predicted octanol–water partition coefficient (Wildman–Crippen LogP) is 2.66. The Bertz CT molecular complexity index is 135. The van der Waals surface area contributed by atoms with Gasteiger partial charge in [0.05, 0.1) is 0 Å². The van der Waals surface area contributed by atoms with Gasteiger partial charge in [0.25, 0.3) is 0 Å². The molecular formula is C8H17N2O2-. The summed E-state index contributed by atoms with van der Waals surface area (Å²) in [5.74, 6) is 0.720. The van der Waals surface area contributed by atoms with Crippen molar-refractivity contribution in [1.82, 2.24) is 0 Å². The lowest BCUT2D eigenvalue weighted by Crippen LogP contribution is -2.01. The highest BCUT2D eigenvalue weighted by Gasteiger charge is 1.96. The van der Waals surface area contributed by atoms with Crippen LogP contribution in [-0.2, 0) is 0 Å². The van der Waals surface area contributed by atoms with Gasteiger partial charge in [0.15, 0.2) is 6.54 Å². The van der Waals surface area contributed by atoms with Crippen LogP contribution in [0.5, 0.6) is 0 Å². The van der Waals surface area contributed by atoms with E-state index in [2.05, 4.69) is 19.1 Å². The van der Waals surface area contributed by atoms with E-state index in [4.69, 9.17) is 0 Å². The first-order valence-electron chi connectivity index (χ1n) is 4.44. The highest BCUT2D eigenvalue weighted by molar-refractivity contribution is 4.46. The lowest BCUT2D eigenvalue weighted by Gasteiger charge is -2.04. The van der Waals surface area contributed by atoms with E-state index in [9.17, 15) is 10.4 Å². The van der Waals surface area contributed by atoms with Crippen molar-refractivity contribution in [3.8, 4) is 0 Å². The molecule has 0 aromatic heterocycles. The predicted molar refractivity (Wildman–Crippen MR) is 47.6 cm³/mol. The fourth-order valence-corrected chi connectivity index (χ4v) is 1.02. The molecule has 0 unspecified atom stereocenters. The maximum absolute atomic E-state index is 10.3. The van der Waals surface area contributed by atoms with Crippen LogP contribution in [0.4, 0.5) is 0 Å². The Morgan fingerprint density at radius 2 is 1.92 bits per heavy atom. The molecule has 0 bridgehead atoms. The fraction of sp³-hybridized carbons (Fsp3) is 1.00. The minimum Gasteiger partial charge on any atom is -0.739 e. The van der Waals surface area contributed by atoms with Gasteiger partial charge in [-0.2, -0.15) is 0 Å². The number of hydrogen-bond acceptors (Lipinski definition) is 3. The second kappa shape index (κ2) is 6.88. The summed E-state index contributed by atoms with van der Waals surface area (Å²) in [6.07, 6.45) is 4.09. The Hall–Kier alpha value is -0.800. The van der Waals surface area contributed by atoms with E-state index in [1.807, 2.05) is 0 Å². The molecular weight excluding hydrogens is 156 g/mol. The number of hydroxylamine groups is 1. The fourth-order valence-electron chi connectivity index (χ4n) is 1.02. The van der Waals surface area contributed by atoms with E-state index in [0.29, 0.717) is 0 Å². The molecule has 0 N–H and O–H groups in total. The summed E-state index contributed by atoms with van der Waals surface area (Å²) in [4.78, 5) is 0.204. The molecule has 0 rings (SSSR count). The van der Waals surface area contributed by atoms with Crippen molar-refractivity contribution in [3.05, 3.63) is 10.4 Å². The first-order chi connectivity index (χ1) is 5.66. The third kappa shape index (κ3) is 7.31. The van der Waals surface area contributed by atoms with Crippen LogP contribution in [0, 0.1) is 16.3 Å². The van der Waals surface area contributed by atoms with Crippen LogP contribution in [0.3, 0.4) is 0 Å². The summed E-state index contributed by atoms with van der Waals surface area (Å²) in [7, 11) is 0. The number of nitrogens with zero attached hydrogens (tertiary/aromatic N) is 2. The normalized spacial score (nSPS) is 12.4. The topological polar surface area (TPSA) is 61.5 Å². The molecule has 0 aromatic carbocycles. The maximum atomic E-state index is 10.3. The van der Waals surface area contributed by atoms with Crippen LogP contribution in [0.15, 0.2) is 5.28 Å². The van der Waals surface area contributed by atoms with Crippen molar-refractivity contribution < 1.29 is 4.86 Å². The van der Waals surface area contributed by atoms with Crippen molar-refractivity contribution in [1.29, 1.82) is 0 Å². The Morgan fingerprint density at radius 1 is 1.25 bits per heavy atom. The third-order valence-electron chi connectivity index (χ3n) is 1.72. The molecule has 4 heteroatoms.